The second-order valence-electron chi connectivity index (χ2n) is 7.43. The van der Waals surface area contributed by atoms with Gasteiger partial charge in [0.05, 0.1) is 26.2 Å². The molecule has 3 heterocycles. The summed E-state index contributed by atoms with van der Waals surface area (Å²) in [5, 5.41) is 0. The van der Waals surface area contributed by atoms with Crippen LogP contribution in [0.1, 0.15) is 39.4 Å². The molecule has 7 heteroatoms. The molecule has 2 aliphatic heterocycles. The van der Waals surface area contributed by atoms with E-state index < -0.39 is 0 Å². The molecule has 2 aliphatic rings. The van der Waals surface area contributed by atoms with Crippen LogP contribution >= 0.6 is 0 Å². The SMILES string of the molecule is COc1ccc([C@@H]2CC(=O)Oc3ccc4c(c32)O/C(=C\c2cccnc2)C4=O)cc1OC. The fraction of sp³-hybridized carbons (Fsp3) is 0.160. The average Bonchev–Trinajstić information content (AvgIpc) is 3.13. The first-order chi connectivity index (χ1) is 15.6. The lowest BCUT2D eigenvalue weighted by Gasteiger charge is -2.26. The lowest BCUT2D eigenvalue weighted by molar-refractivity contribution is -0.135. The maximum absolute atomic E-state index is 13.0. The molecule has 0 spiro atoms. The molecule has 1 atom stereocenters. The third kappa shape index (κ3) is 3.28. The number of benzene rings is 2. The maximum Gasteiger partial charge on any atom is 0.312 e. The van der Waals surface area contributed by atoms with Crippen LogP contribution in [-0.4, -0.2) is 31.0 Å². The van der Waals surface area contributed by atoms with Crippen LogP contribution in [0.2, 0.25) is 0 Å². The van der Waals surface area contributed by atoms with Crippen LogP contribution in [0.15, 0.2) is 60.6 Å². The average molecular weight is 429 g/mol. The second kappa shape index (κ2) is 7.85. The van der Waals surface area contributed by atoms with Gasteiger partial charge in [-0.3, -0.25) is 14.6 Å². The number of aromatic nitrogens is 1. The highest BCUT2D eigenvalue weighted by Gasteiger charge is 2.38. The fourth-order valence-electron chi connectivity index (χ4n) is 4.07. The van der Waals surface area contributed by atoms with E-state index >= 15 is 0 Å². The Balaban J connectivity index is 1.62. The summed E-state index contributed by atoms with van der Waals surface area (Å²) >= 11 is 0. The number of rotatable bonds is 4. The summed E-state index contributed by atoms with van der Waals surface area (Å²) < 4.78 is 22.3. The van der Waals surface area contributed by atoms with Gasteiger partial charge in [-0.2, -0.15) is 0 Å². The number of fused-ring (bicyclic) bond motifs is 3. The molecular weight excluding hydrogens is 410 g/mol. The van der Waals surface area contributed by atoms with Crippen LogP contribution in [0, 0.1) is 0 Å². The second-order valence-corrected chi connectivity index (χ2v) is 7.43. The van der Waals surface area contributed by atoms with E-state index in [2.05, 4.69) is 4.98 Å². The number of hydrogen-bond acceptors (Lipinski definition) is 7. The smallest absolute Gasteiger partial charge is 0.312 e. The Bertz CT molecular complexity index is 1260. The van der Waals surface area contributed by atoms with Gasteiger partial charge in [0.25, 0.3) is 0 Å². The summed E-state index contributed by atoms with van der Waals surface area (Å²) in [7, 11) is 3.12. The lowest BCUT2D eigenvalue weighted by Crippen LogP contribution is -2.21. The van der Waals surface area contributed by atoms with E-state index in [1.807, 2.05) is 18.2 Å². The Morgan fingerprint density at radius 3 is 2.62 bits per heavy atom. The minimum Gasteiger partial charge on any atom is -0.493 e. The molecule has 32 heavy (non-hydrogen) atoms. The molecule has 0 saturated heterocycles. The lowest BCUT2D eigenvalue weighted by atomic mass is 9.84. The minimum atomic E-state index is -0.369. The van der Waals surface area contributed by atoms with Gasteiger partial charge < -0.3 is 18.9 Å². The highest BCUT2D eigenvalue weighted by Crippen LogP contribution is 2.49. The third-order valence-corrected chi connectivity index (χ3v) is 5.57. The Labute approximate surface area is 184 Å². The van der Waals surface area contributed by atoms with Gasteiger partial charge in [0, 0.05) is 23.9 Å². The van der Waals surface area contributed by atoms with E-state index in [9.17, 15) is 9.59 Å². The molecule has 0 amide bonds. The normalized spacial score (nSPS) is 17.9. The van der Waals surface area contributed by atoms with Gasteiger partial charge >= 0.3 is 5.97 Å². The topological polar surface area (TPSA) is 84.0 Å². The van der Waals surface area contributed by atoms with Crippen molar-refractivity contribution < 1.29 is 28.5 Å². The third-order valence-electron chi connectivity index (χ3n) is 5.57. The zero-order valence-electron chi connectivity index (χ0n) is 17.5. The highest BCUT2D eigenvalue weighted by atomic mass is 16.5. The monoisotopic (exact) mass is 429 g/mol. The number of nitrogens with zero attached hydrogens (tertiary/aromatic N) is 1. The van der Waals surface area contributed by atoms with Crippen LogP contribution in [0.25, 0.3) is 6.08 Å². The van der Waals surface area contributed by atoms with Gasteiger partial charge in [0.2, 0.25) is 5.78 Å². The Morgan fingerprint density at radius 1 is 1.03 bits per heavy atom. The first-order valence-electron chi connectivity index (χ1n) is 10.0. The molecule has 7 nitrogen and oxygen atoms in total. The van der Waals surface area contributed by atoms with Gasteiger partial charge in [-0.05, 0) is 47.5 Å². The molecule has 5 rings (SSSR count). The minimum absolute atomic E-state index is 0.109. The number of hydrogen-bond donors (Lipinski definition) is 0. The molecule has 0 fully saturated rings. The Kier molecular flexibility index (Phi) is 4.86. The molecule has 0 saturated carbocycles. The Hall–Kier alpha value is -4.13. The molecule has 2 aromatic carbocycles. The van der Waals surface area contributed by atoms with Crippen molar-refractivity contribution >= 4 is 17.8 Å². The van der Waals surface area contributed by atoms with Gasteiger partial charge in [0.1, 0.15) is 11.5 Å². The molecule has 0 unspecified atom stereocenters. The van der Waals surface area contributed by atoms with Crippen LogP contribution in [0.4, 0.5) is 0 Å². The largest absolute Gasteiger partial charge is 0.493 e. The van der Waals surface area contributed by atoms with Crippen LogP contribution in [-0.2, 0) is 4.79 Å². The molecule has 160 valence electrons. The summed E-state index contributed by atoms with van der Waals surface area (Å²) in [5.41, 5.74) is 2.68. The summed E-state index contributed by atoms with van der Waals surface area (Å²) in [6.45, 7) is 0. The van der Waals surface area contributed by atoms with Crippen LogP contribution in [0.5, 0.6) is 23.0 Å². The molecular formula is C25H19NO6. The quantitative estimate of drug-likeness (QED) is 0.350. The van der Waals surface area contributed by atoms with Gasteiger partial charge in [-0.15, -0.1) is 0 Å². The summed E-state index contributed by atoms with van der Waals surface area (Å²) in [5.74, 6) is 1.18. The van der Waals surface area contributed by atoms with Crippen molar-refractivity contribution in [2.75, 3.05) is 14.2 Å². The summed E-state index contributed by atoms with van der Waals surface area (Å²) in [6.07, 6.45) is 5.07. The molecule has 0 bridgehead atoms. The van der Waals surface area contributed by atoms with E-state index in [1.165, 1.54) is 0 Å². The zero-order chi connectivity index (χ0) is 22.2. The van der Waals surface area contributed by atoms with Crippen LogP contribution in [0.3, 0.4) is 0 Å². The number of ketones is 1. The van der Waals surface area contributed by atoms with E-state index in [-0.39, 0.29) is 29.9 Å². The van der Waals surface area contributed by atoms with E-state index in [0.29, 0.717) is 34.1 Å². The summed E-state index contributed by atoms with van der Waals surface area (Å²) in [6, 6.07) is 12.4. The zero-order valence-corrected chi connectivity index (χ0v) is 17.5. The first kappa shape index (κ1) is 19.8. The van der Waals surface area contributed by atoms with E-state index in [0.717, 1.165) is 11.1 Å². The van der Waals surface area contributed by atoms with Gasteiger partial charge in [0.15, 0.2) is 17.3 Å². The molecule has 3 aromatic rings. The molecule has 0 aliphatic carbocycles. The van der Waals surface area contributed by atoms with E-state index in [4.69, 9.17) is 18.9 Å². The molecule has 0 radical (unpaired) electrons. The number of carbonyl (C=O) groups excluding carboxylic acids is 2. The number of esters is 1. The van der Waals surface area contributed by atoms with Crippen molar-refractivity contribution in [3.8, 4) is 23.0 Å². The fourth-order valence-corrected chi connectivity index (χ4v) is 4.07. The predicted octanol–water partition coefficient (Wildman–Crippen LogP) is 4.16. The highest BCUT2D eigenvalue weighted by molar-refractivity contribution is 6.15. The van der Waals surface area contributed by atoms with E-state index in [1.54, 1.807) is 57.0 Å². The first-order valence-corrected chi connectivity index (χ1v) is 10.0. The number of pyridine rings is 1. The number of allylic oxidation sites excluding steroid dienone is 1. The van der Waals surface area contributed by atoms with Crippen LogP contribution < -0.4 is 18.9 Å². The van der Waals surface area contributed by atoms with Crippen molar-refractivity contribution in [1.82, 2.24) is 4.98 Å². The number of Topliss-reactive ketones (excluding diaryl/α,β-unsaturated/α-hetero) is 1. The van der Waals surface area contributed by atoms with Gasteiger partial charge in [-0.25, -0.2) is 0 Å². The van der Waals surface area contributed by atoms with Crippen molar-refractivity contribution in [1.29, 1.82) is 0 Å². The Morgan fingerprint density at radius 2 is 1.88 bits per heavy atom. The predicted molar refractivity (Wildman–Crippen MR) is 115 cm³/mol. The van der Waals surface area contributed by atoms with Crippen molar-refractivity contribution in [2.24, 2.45) is 0 Å². The number of carbonyl (C=O) groups is 2. The molecule has 0 N–H and O–H groups in total. The summed E-state index contributed by atoms with van der Waals surface area (Å²) in [4.78, 5) is 29.4. The van der Waals surface area contributed by atoms with Crippen molar-refractivity contribution in [2.45, 2.75) is 12.3 Å². The number of methoxy groups -OCH3 is 2. The number of ether oxygens (including phenoxy) is 4. The van der Waals surface area contributed by atoms with Gasteiger partial charge in [-0.1, -0.05) is 12.1 Å². The molecule has 1 aromatic heterocycles. The van der Waals surface area contributed by atoms with Crippen molar-refractivity contribution in [3.63, 3.8) is 0 Å². The van der Waals surface area contributed by atoms with Crippen molar-refractivity contribution in [3.05, 3.63) is 82.9 Å². The standard InChI is InChI=1S/C25H19NO6/c1-29-18-7-5-15(11-20(18)30-2)17-12-22(27)31-19-8-6-16-24(28)21(32-25(16)23(17)19)10-14-4-3-9-26-13-14/h3-11,13,17H,12H2,1-2H3/b21-10-/t17-/m0/s1. The maximum atomic E-state index is 13.0.